The average molecular weight is 386 g/mol. The summed E-state index contributed by atoms with van der Waals surface area (Å²) in [4.78, 5) is 18.9. The van der Waals surface area contributed by atoms with E-state index < -0.39 is 0 Å². The zero-order valence-corrected chi connectivity index (χ0v) is 15.9. The van der Waals surface area contributed by atoms with Gasteiger partial charge in [0.25, 0.3) is 5.91 Å². The first-order valence-corrected chi connectivity index (χ1v) is 9.20. The number of hydrogen-bond acceptors (Lipinski definition) is 3. The van der Waals surface area contributed by atoms with Crippen molar-refractivity contribution in [1.82, 2.24) is 19.7 Å². The molecule has 0 radical (unpaired) electrons. The lowest BCUT2D eigenvalue weighted by atomic mass is 10.2. The standard InChI is InChI=1S/C23H19FN4O/c1-27(16-18-12-8-9-15-20(18)24)23(29)21-25-22(17-10-4-2-5-11-17)28(26-21)19-13-6-3-7-14-19/h2-15H,16H2,1H3. The summed E-state index contributed by atoms with van der Waals surface area (Å²) in [6.45, 7) is 0.131. The highest BCUT2D eigenvalue weighted by atomic mass is 19.1. The second kappa shape index (κ2) is 8.06. The van der Waals surface area contributed by atoms with Gasteiger partial charge in [0.05, 0.1) is 5.69 Å². The number of rotatable bonds is 5. The number of para-hydroxylation sites is 1. The Morgan fingerprint density at radius 1 is 0.931 bits per heavy atom. The molecular formula is C23H19FN4O. The molecule has 0 N–H and O–H groups in total. The first-order chi connectivity index (χ1) is 14.1. The average Bonchev–Trinajstić information content (AvgIpc) is 3.21. The minimum Gasteiger partial charge on any atom is -0.334 e. The first kappa shape index (κ1) is 18.6. The number of aromatic nitrogens is 3. The number of hydrogen-bond donors (Lipinski definition) is 0. The van der Waals surface area contributed by atoms with Crippen LogP contribution in [0.1, 0.15) is 16.2 Å². The summed E-state index contributed by atoms with van der Waals surface area (Å²) >= 11 is 0. The van der Waals surface area contributed by atoms with E-state index in [1.807, 2.05) is 60.7 Å². The van der Waals surface area contributed by atoms with Gasteiger partial charge in [-0.15, -0.1) is 5.10 Å². The highest BCUT2D eigenvalue weighted by molar-refractivity contribution is 5.90. The number of nitrogens with zero attached hydrogens (tertiary/aromatic N) is 4. The van der Waals surface area contributed by atoms with Gasteiger partial charge in [0.2, 0.25) is 5.82 Å². The third-order valence-electron chi connectivity index (χ3n) is 4.54. The van der Waals surface area contributed by atoms with Crippen LogP contribution < -0.4 is 0 Å². The van der Waals surface area contributed by atoms with Crippen LogP contribution in [-0.2, 0) is 6.54 Å². The van der Waals surface area contributed by atoms with Gasteiger partial charge >= 0.3 is 0 Å². The molecule has 0 saturated heterocycles. The summed E-state index contributed by atoms with van der Waals surface area (Å²) in [6, 6.07) is 25.5. The lowest BCUT2D eigenvalue weighted by Gasteiger charge is -2.15. The molecule has 0 unspecified atom stereocenters. The van der Waals surface area contributed by atoms with E-state index in [2.05, 4.69) is 10.1 Å². The van der Waals surface area contributed by atoms with Crippen molar-refractivity contribution in [2.75, 3.05) is 7.05 Å². The fourth-order valence-corrected chi connectivity index (χ4v) is 3.05. The molecule has 0 aliphatic rings. The molecule has 1 heterocycles. The molecule has 5 nitrogen and oxygen atoms in total. The third kappa shape index (κ3) is 3.91. The second-order valence-electron chi connectivity index (χ2n) is 6.63. The van der Waals surface area contributed by atoms with Crippen LogP contribution in [0.15, 0.2) is 84.9 Å². The van der Waals surface area contributed by atoms with Gasteiger partial charge < -0.3 is 4.90 Å². The normalized spacial score (nSPS) is 10.7. The van der Waals surface area contributed by atoms with Crippen LogP contribution in [-0.4, -0.2) is 32.6 Å². The van der Waals surface area contributed by atoms with Crippen LogP contribution in [0.5, 0.6) is 0 Å². The summed E-state index contributed by atoms with van der Waals surface area (Å²) in [5, 5.41) is 4.46. The predicted molar refractivity (Wildman–Crippen MR) is 109 cm³/mol. The SMILES string of the molecule is CN(Cc1ccccc1F)C(=O)c1nc(-c2ccccc2)n(-c2ccccc2)n1. The lowest BCUT2D eigenvalue weighted by Crippen LogP contribution is -2.27. The maximum Gasteiger partial charge on any atom is 0.293 e. The van der Waals surface area contributed by atoms with Crippen molar-refractivity contribution < 1.29 is 9.18 Å². The van der Waals surface area contributed by atoms with Crippen molar-refractivity contribution in [2.45, 2.75) is 6.54 Å². The van der Waals surface area contributed by atoms with Crippen molar-refractivity contribution in [3.63, 3.8) is 0 Å². The highest BCUT2D eigenvalue weighted by Crippen LogP contribution is 2.21. The Labute approximate surface area is 168 Å². The van der Waals surface area contributed by atoms with Crippen molar-refractivity contribution in [2.24, 2.45) is 0 Å². The van der Waals surface area contributed by atoms with E-state index in [0.717, 1.165) is 11.3 Å². The zero-order valence-electron chi connectivity index (χ0n) is 15.9. The van der Waals surface area contributed by atoms with E-state index in [0.29, 0.717) is 11.4 Å². The molecule has 144 valence electrons. The Hall–Kier alpha value is -3.80. The number of carbonyl (C=O) groups is 1. The summed E-state index contributed by atoms with van der Waals surface area (Å²) in [6.07, 6.45) is 0. The Bertz CT molecular complexity index is 1070. The topological polar surface area (TPSA) is 51.0 Å². The smallest absolute Gasteiger partial charge is 0.293 e. The van der Waals surface area contributed by atoms with E-state index in [9.17, 15) is 9.18 Å². The van der Waals surface area contributed by atoms with Crippen molar-refractivity contribution in [3.8, 4) is 17.1 Å². The fourth-order valence-electron chi connectivity index (χ4n) is 3.05. The molecule has 0 aliphatic carbocycles. The second-order valence-corrected chi connectivity index (χ2v) is 6.63. The van der Waals surface area contributed by atoms with Crippen LogP contribution in [0.25, 0.3) is 17.1 Å². The molecule has 1 aromatic heterocycles. The van der Waals surface area contributed by atoms with Gasteiger partial charge in [-0.25, -0.2) is 14.1 Å². The summed E-state index contributed by atoms with van der Waals surface area (Å²) in [7, 11) is 1.61. The fraction of sp³-hybridized carbons (Fsp3) is 0.0870. The summed E-state index contributed by atoms with van der Waals surface area (Å²) in [5.74, 6) is -0.0917. The van der Waals surface area contributed by atoms with Gasteiger partial charge in [-0.1, -0.05) is 66.7 Å². The first-order valence-electron chi connectivity index (χ1n) is 9.20. The van der Waals surface area contributed by atoms with Crippen molar-refractivity contribution in [1.29, 1.82) is 0 Å². The van der Waals surface area contributed by atoms with Gasteiger partial charge in [0, 0.05) is 24.7 Å². The Morgan fingerprint density at radius 2 is 1.55 bits per heavy atom. The molecule has 0 aliphatic heterocycles. The van der Waals surface area contributed by atoms with E-state index >= 15 is 0 Å². The molecule has 0 fully saturated rings. The molecular weight excluding hydrogens is 367 g/mol. The van der Waals surface area contributed by atoms with Crippen LogP contribution in [0.2, 0.25) is 0 Å². The van der Waals surface area contributed by atoms with Crippen LogP contribution in [0.4, 0.5) is 4.39 Å². The molecule has 0 saturated carbocycles. The zero-order chi connectivity index (χ0) is 20.2. The van der Waals surface area contributed by atoms with E-state index in [1.165, 1.54) is 11.0 Å². The van der Waals surface area contributed by atoms with Gasteiger partial charge in [-0.05, 0) is 18.2 Å². The van der Waals surface area contributed by atoms with Crippen molar-refractivity contribution >= 4 is 5.91 Å². The van der Waals surface area contributed by atoms with E-state index in [1.54, 1.807) is 29.9 Å². The van der Waals surface area contributed by atoms with Crippen LogP contribution >= 0.6 is 0 Å². The van der Waals surface area contributed by atoms with Crippen molar-refractivity contribution in [3.05, 3.63) is 102 Å². The Morgan fingerprint density at radius 3 is 2.24 bits per heavy atom. The Balaban J connectivity index is 1.70. The highest BCUT2D eigenvalue weighted by Gasteiger charge is 2.22. The third-order valence-corrected chi connectivity index (χ3v) is 4.54. The molecule has 1 amide bonds. The summed E-state index contributed by atoms with van der Waals surface area (Å²) in [5.41, 5.74) is 2.09. The minimum atomic E-state index is -0.375. The predicted octanol–water partition coefficient (Wildman–Crippen LogP) is 4.35. The lowest BCUT2D eigenvalue weighted by molar-refractivity contribution is 0.0772. The van der Waals surface area contributed by atoms with E-state index in [4.69, 9.17) is 0 Å². The van der Waals surface area contributed by atoms with E-state index in [-0.39, 0.29) is 24.1 Å². The largest absolute Gasteiger partial charge is 0.334 e. The molecule has 3 aromatic carbocycles. The van der Waals surface area contributed by atoms with Crippen LogP contribution in [0.3, 0.4) is 0 Å². The number of amides is 1. The van der Waals surface area contributed by atoms with Gasteiger partial charge in [0.15, 0.2) is 5.82 Å². The Kier molecular flexibility index (Phi) is 5.16. The maximum atomic E-state index is 14.0. The molecule has 0 spiro atoms. The molecule has 0 bridgehead atoms. The minimum absolute atomic E-state index is 0.0616. The molecule has 6 heteroatoms. The number of carbonyl (C=O) groups excluding carboxylic acids is 1. The van der Waals surface area contributed by atoms with Gasteiger partial charge in [0.1, 0.15) is 5.82 Å². The van der Waals surface area contributed by atoms with Crippen LogP contribution in [0, 0.1) is 5.82 Å². The molecule has 29 heavy (non-hydrogen) atoms. The van der Waals surface area contributed by atoms with Gasteiger partial charge in [-0.2, -0.15) is 0 Å². The summed E-state index contributed by atoms with van der Waals surface area (Å²) < 4.78 is 15.6. The molecule has 4 rings (SSSR count). The maximum absolute atomic E-state index is 14.0. The number of benzene rings is 3. The monoisotopic (exact) mass is 386 g/mol. The molecule has 4 aromatic rings. The van der Waals surface area contributed by atoms with Gasteiger partial charge in [-0.3, -0.25) is 4.79 Å². The molecule has 0 atom stereocenters. The quantitative estimate of drug-likeness (QED) is 0.513. The number of halogens is 1.